The SMILES string of the molecule is Cc1cccc(C(=O)N2CCCN(c3nc4ccccc4c4nnc(-c5cccc(C)c5)n34)CC2)c1. The number of carbonyl (C=O) groups is 1. The predicted octanol–water partition coefficient (Wildman–Crippen LogP) is 4.91. The van der Waals surface area contributed by atoms with Gasteiger partial charge in [0.05, 0.1) is 5.52 Å². The second kappa shape index (κ2) is 9.07. The van der Waals surface area contributed by atoms with Crippen LogP contribution in [0.2, 0.25) is 0 Å². The maximum atomic E-state index is 13.2. The number of rotatable bonds is 3. The van der Waals surface area contributed by atoms with Gasteiger partial charge in [-0.05, 0) is 50.6 Å². The molecule has 7 nitrogen and oxygen atoms in total. The van der Waals surface area contributed by atoms with Crippen molar-refractivity contribution in [2.45, 2.75) is 20.3 Å². The fourth-order valence-corrected chi connectivity index (χ4v) is 5.03. The second-order valence-electron chi connectivity index (χ2n) is 9.48. The van der Waals surface area contributed by atoms with Crippen molar-refractivity contribution in [3.05, 3.63) is 89.5 Å². The topological polar surface area (TPSA) is 66.6 Å². The molecule has 1 aliphatic rings. The van der Waals surface area contributed by atoms with Gasteiger partial charge in [-0.15, -0.1) is 10.2 Å². The molecular formula is C29H28N6O. The Bertz CT molecular complexity index is 1590. The van der Waals surface area contributed by atoms with Gasteiger partial charge in [-0.2, -0.15) is 0 Å². The second-order valence-corrected chi connectivity index (χ2v) is 9.48. The summed E-state index contributed by atoms with van der Waals surface area (Å²) in [6.45, 7) is 6.92. The Hall–Kier alpha value is -4.26. The van der Waals surface area contributed by atoms with E-state index in [2.05, 4.69) is 44.6 Å². The maximum absolute atomic E-state index is 13.2. The third-order valence-corrected chi connectivity index (χ3v) is 6.84. The summed E-state index contributed by atoms with van der Waals surface area (Å²) in [5.74, 6) is 1.68. The number of nitrogens with zero attached hydrogens (tertiary/aromatic N) is 6. The van der Waals surface area contributed by atoms with Crippen molar-refractivity contribution in [3.63, 3.8) is 0 Å². The molecule has 180 valence electrons. The highest BCUT2D eigenvalue weighted by Crippen LogP contribution is 2.29. The number of hydrogen-bond acceptors (Lipinski definition) is 5. The maximum Gasteiger partial charge on any atom is 0.253 e. The molecular weight excluding hydrogens is 448 g/mol. The number of anilines is 1. The van der Waals surface area contributed by atoms with E-state index in [0.717, 1.165) is 58.0 Å². The molecule has 0 saturated carbocycles. The van der Waals surface area contributed by atoms with Gasteiger partial charge in [-0.3, -0.25) is 4.79 Å². The van der Waals surface area contributed by atoms with Crippen LogP contribution >= 0.6 is 0 Å². The molecule has 0 spiro atoms. The zero-order chi connectivity index (χ0) is 24.6. The Kier molecular flexibility index (Phi) is 5.60. The van der Waals surface area contributed by atoms with Gasteiger partial charge < -0.3 is 9.80 Å². The molecule has 1 aliphatic heterocycles. The molecule has 3 heterocycles. The zero-order valence-corrected chi connectivity index (χ0v) is 20.6. The van der Waals surface area contributed by atoms with Gasteiger partial charge in [0.1, 0.15) is 0 Å². The number of aromatic nitrogens is 4. The smallest absolute Gasteiger partial charge is 0.253 e. The van der Waals surface area contributed by atoms with Gasteiger partial charge in [0.25, 0.3) is 5.91 Å². The summed E-state index contributed by atoms with van der Waals surface area (Å²) in [6.07, 6.45) is 0.857. The minimum atomic E-state index is 0.0851. The number of carbonyl (C=O) groups excluding carboxylic acids is 1. The Morgan fingerprint density at radius 3 is 2.44 bits per heavy atom. The van der Waals surface area contributed by atoms with Crippen LogP contribution in [0, 0.1) is 13.8 Å². The van der Waals surface area contributed by atoms with E-state index in [1.807, 2.05) is 66.4 Å². The van der Waals surface area contributed by atoms with E-state index in [9.17, 15) is 4.79 Å². The van der Waals surface area contributed by atoms with Gasteiger partial charge in [0.2, 0.25) is 5.95 Å². The number of benzene rings is 3. The van der Waals surface area contributed by atoms with E-state index in [1.165, 1.54) is 5.56 Å². The fraction of sp³-hybridized carbons (Fsp3) is 0.241. The molecule has 7 heteroatoms. The van der Waals surface area contributed by atoms with Gasteiger partial charge in [-0.1, -0.05) is 53.6 Å². The molecule has 1 fully saturated rings. The zero-order valence-electron chi connectivity index (χ0n) is 20.6. The fourth-order valence-electron chi connectivity index (χ4n) is 5.03. The Balaban J connectivity index is 1.40. The summed E-state index contributed by atoms with van der Waals surface area (Å²) in [7, 11) is 0. The van der Waals surface area contributed by atoms with Crippen LogP contribution in [0.1, 0.15) is 27.9 Å². The lowest BCUT2D eigenvalue weighted by Gasteiger charge is -2.24. The van der Waals surface area contributed by atoms with Crippen LogP contribution in [0.15, 0.2) is 72.8 Å². The molecule has 3 aromatic carbocycles. The molecule has 1 amide bonds. The lowest BCUT2D eigenvalue weighted by molar-refractivity contribution is 0.0767. The lowest BCUT2D eigenvalue weighted by Crippen LogP contribution is -2.36. The normalized spacial score (nSPS) is 14.4. The summed E-state index contributed by atoms with van der Waals surface area (Å²) in [4.78, 5) is 22.6. The summed E-state index contributed by atoms with van der Waals surface area (Å²) in [5.41, 5.74) is 5.70. The van der Waals surface area contributed by atoms with Crippen LogP contribution in [0.4, 0.5) is 5.95 Å². The van der Waals surface area contributed by atoms with E-state index >= 15 is 0 Å². The highest BCUT2D eigenvalue weighted by molar-refractivity contribution is 5.95. The Morgan fingerprint density at radius 1 is 0.806 bits per heavy atom. The number of para-hydroxylation sites is 1. The molecule has 36 heavy (non-hydrogen) atoms. The van der Waals surface area contributed by atoms with E-state index in [4.69, 9.17) is 4.98 Å². The molecule has 2 aromatic heterocycles. The largest absolute Gasteiger partial charge is 0.340 e. The van der Waals surface area contributed by atoms with Crippen LogP contribution in [0.25, 0.3) is 27.9 Å². The van der Waals surface area contributed by atoms with E-state index in [-0.39, 0.29) is 5.91 Å². The molecule has 5 aromatic rings. The van der Waals surface area contributed by atoms with Gasteiger partial charge in [-0.25, -0.2) is 9.38 Å². The van der Waals surface area contributed by atoms with Crippen molar-refractivity contribution in [3.8, 4) is 11.4 Å². The Morgan fingerprint density at radius 2 is 1.61 bits per heavy atom. The highest BCUT2D eigenvalue weighted by atomic mass is 16.2. The van der Waals surface area contributed by atoms with Crippen molar-refractivity contribution in [1.82, 2.24) is 24.5 Å². The Labute approximate surface area is 210 Å². The van der Waals surface area contributed by atoms with Crippen molar-refractivity contribution in [2.24, 2.45) is 0 Å². The average molecular weight is 477 g/mol. The van der Waals surface area contributed by atoms with Gasteiger partial charge in [0, 0.05) is 42.7 Å². The number of fused-ring (bicyclic) bond motifs is 3. The standard InChI is InChI=1S/C29H28N6O/c1-20-8-5-10-22(18-20)26-31-32-27-24-12-3-4-13-25(24)30-29(35(26)27)34-15-7-14-33(16-17-34)28(36)23-11-6-9-21(2)19-23/h3-6,8-13,18-19H,7,14-17H2,1-2H3. The van der Waals surface area contributed by atoms with Crippen LogP contribution in [-0.4, -0.2) is 56.6 Å². The average Bonchev–Trinajstić information content (AvgIpc) is 3.20. The highest BCUT2D eigenvalue weighted by Gasteiger charge is 2.25. The van der Waals surface area contributed by atoms with Gasteiger partial charge in [0.15, 0.2) is 11.5 Å². The molecule has 6 rings (SSSR count). The van der Waals surface area contributed by atoms with Crippen molar-refractivity contribution < 1.29 is 4.79 Å². The lowest BCUT2D eigenvalue weighted by atomic mass is 10.1. The number of aryl methyl sites for hydroxylation is 2. The third-order valence-electron chi connectivity index (χ3n) is 6.84. The van der Waals surface area contributed by atoms with Crippen molar-refractivity contribution in [2.75, 3.05) is 31.1 Å². The molecule has 0 radical (unpaired) electrons. The van der Waals surface area contributed by atoms with Crippen molar-refractivity contribution in [1.29, 1.82) is 0 Å². The van der Waals surface area contributed by atoms with Crippen molar-refractivity contribution >= 4 is 28.4 Å². The first kappa shape index (κ1) is 22.2. The predicted molar refractivity (Wildman–Crippen MR) is 142 cm³/mol. The molecule has 0 bridgehead atoms. The van der Waals surface area contributed by atoms with E-state index in [0.29, 0.717) is 19.6 Å². The van der Waals surface area contributed by atoms with E-state index < -0.39 is 0 Å². The molecule has 0 atom stereocenters. The monoisotopic (exact) mass is 476 g/mol. The van der Waals surface area contributed by atoms with Crippen LogP contribution in [-0.2, 0) is 0 Å². The minimum Gasteiger partial charge on any atom is -0.340 e. The third kappa shape index (κ3) is 3.96. The summed E-state index contributed by atoms with van der Waals surface area (Å²) in [6, 6.07) is 24.2. The van der Waals surface area contributed by atoms with Gasteiger partial charge >= 0.3 is 0 Å². The number of hydrogen-bond donors (Lipinski definition) is 0. The first-order valence-corrected chi connectivity index (χ1v) is 12.4. The molecule has 0 N–H and O–H groups in total. The van der Waals surface area contributed by atoms with Crippen LogP contribution < -0.4 is 4.90 Å². The summed E-state index contributed by atoms with van der Waals surface area (Å²) in [5, 5.41) is 10.2. The molecule has 0 aliphatic carbocycles. The molecule has 1 saturated heterocycles. The molecule has 0 unspecified atom stereocenters. The summed E-state index contributed by atoms with van der Waals surface area (Å²) < 4.78 is 2.08. The van der Waals surface area contributed by atoms with E-state index in [1.54, 1.807) is 0 Å². The van der Waals surface area contributed by atoms with Crippen LogP contribution in [0.5, 0.6) is 0 Å². The van der Waals surface area contributed by atoms with Crippen LogP contribution in [0.3, 0.4) is 0 Å². The number of amides is 1. The minimum absolute atomic E-state index is 0.0851. The first-order valence-electron chi connectivity index (χ1n) is 12.4. The first-order chi connectivity index (χ1) is 17.6. The summed E-state index contributed by atoms with van der Waals surface area (Å²) >= 11 is 0. The quantitative estimate of drug-likeness (QED) is 0.370.